The zero-order valence-corrected chi connectivity index (χ0v) is 14.1. The molecule has 0 N–H and O–H groups in total. The quantitative estimate of drug-likeness (QED) is 0.151. The molecule has 0 fully saturated rings. The zero-order chi connectivity index (χ0) is 26.2. The van der Waals surface area contributed by atoms with Crippen LogP contribution in [0.2, 0.25) is 0 Å². The molecule has 0 bridgehead atoms. The van der Waals surface area contributed by atoms with Crippen LogP contribution in [0.15, 0.2) is 12.1 Å². The molecule has 2 aromatic carbocycles. The lowest BCUT2D eigenvalue weighted by Gasteiger charge is -1.96. The van der Waals surface area contributed by atoms with Crippen LogP contribution in [0.25, 0.3) is 0 Å². The van der Waals surface area contributed by atoms with Gasteiger partial charge >= 0.3 is 14.5 Å². The summed E-state index contributed by atoms with van der Waals surface area (Å²) in [6.07, 6.45) is 0. The van der Waals surface area contributed by atoms with Gasteiger partial charge in [0, 0.05) is 12.1 Å². The van der Waals surface area contributed by atoms with E-state index in [9.17, 15) is 78.4 Å². The molecule has 0 radical (unpaired) electrons. The van der Waals surface area contributed by atoms with Crippen molar-refractivity contribution < 1.29 is 78.4 Å². The van der Waals surface area contributed by atoms with Crippen LogP contribution in [0, 0.1) is 58.2 Å². The molecule has 0 unspecified atom stereocenters. The van der Waals surface area contributed by atoms with Gasteiger partial charge in [-0.15, -0.1) is 0 Å². The molecule has 0 aliphatic carbocycles. The first-order valence-corrected chi connectivity index (χ1v) is 6.79. The van der Waals surface area contributed by atoms with E-state index < -0.39 is 72.7 Å². The van der Waals surface area contributed by atoms with Gasteiger partial charge in [-0.05, 0) is 0 Å². The van der Waals surface area contributed by atoms with E-state index in [1.807, 2.05) is 0 Å². The van der Waals surface area contributed by atoms with Gasteiger partial charge in [0.15, 0.2) is 46.5 Å². The van der Waals surface area contributed by atoms with Gasteiger partial charge in [-0.25, -0.2) is 43.9 Å². The van der Waals surface area contributed by atoms with Crippen LogP contribution in [0.3, 0.4) is 0 Å². The average Bonchev–Trinajstić information content (AvgIpc) is 2.59. The smallest absolute Gasteiger partial charge is 0.418 e. The Bertz CT molecular complexity index is 751. The summed E-state index contributed by atoms with van der Waals surface area (Å²) < 4.78 is 198. The lowest BCUT2D eigenvalue weighted by Crippen LogP contribution is -2.02. The highest BCUT2D eigenvalue weighted by atomic mass is 19.5. The van der Waals surface area contributed by atoms with Crippen LogP contribution >= 0.6 is 0 Å². The molecule has 20 heteroatoms. The normalized spacial score (nSPS) is 10.8. The number of hydrogen-bond acceptors (Lipinski definition) is 0. The van der Waals surface area contributed by atoms with Crippen LogP contribution in [-0.2, 0) is 0 Å². The van der Waals surface area contributed by atoms with E-state index in [1.54, 1.807) is 0 Å². The monoisotopic (exact) mass is 510 g/mol. The Kier molecular flexibility index (Phi) is 12.2. The summed E-state index contributed by atoms with van der Waals surface area (Å²) in [6.45, 7) is 0. The first-order valence-electron chi connectivity index (χ1n) is 6.79. The van der Waals surface area contributed by atoms with Crippen molar-refractivity contribution >= 4 is 14.5 Å². The second kappa shape index (κ2) is 12.4. The van der Waals surface area contributed by atoms with Crippen LogP contribution < -0.4 is 0 Å². The lowest BCUT2D eigenvalue weighted by atomic mass is 10.3. The highest BCUT2D eigenvalue weighted by Gasteiger charge is 2.21. The van der Waals surface area contributed by atoms with Gasteiger partial charge in [0.2, 0.25) is 11.6 Å². The molecule has 0 aliphatic heterocycles. The number of halogens is 18. The van der Waals surface area contributed by atoms with Crippen LogP contribution in [0.4, 0.5) is 78.4 Å². The van der Waals surface area contributed by atoms with E-state index in [4.69, 9.17) is 0 Å². The third kappa shape index (κ3) is 13.6. The summed E-state index contributed by atoms with van der Waals surface area (Å²) in [4.78, 5) is 0. The van der Waals surface area contributed by atoms with E-state index in [2.05, 4.69) is 0 Å². The Morgan fingerprint density at radius 3 is 0.562 bits per heavy atom. The van der Waals surface area contributed by atoms with Crippen LogP contribution in [0.1, 0.15) is 0 Å². The van der Waals surface area contributed by atoms with Gasteiger partial charge in [-0.3, -0.25) is 0 Å². The molecular formula is C12H2B2F18-2. The van der Waals surface area contributed by atoms with Gasteiger partial charge in [-0.1, -0.05) is 0 Å². The maximum atomic E-state index is 12.0. The van der Waals surface area contributed by atoms with E-state index in [0.717, 1.165) is 0 Å². The SMILES string of the molecule is F[B-](F)(F)F.F[B-](F)(F)F.Fc1cc(F)c(F)c(F)c1F.Fc1cc(F)c(F)c(F)c1F. The van der Waals surface area contributed by atoms with Crippen molar-refractivity contribution in [1.82, 2.24) is 0 Å². The molecular weight excluding hydrogens is 508 g/mol. The van der Waals surface area contributed by atoms with Crippen LogP contribution in [0.5, 0.6) is 0 Å². The Balaban J connectivity index is 0. The van der Waals surface area contributed by atoms with Crippen molar-refractivity contribution in [2.24, 2.45) is 0 Å². The van der Waals surface area contributed by atoms with Crippen molar-refractivity contribution in [2.45, 2.75) is 0 Å². The molecule has 0 aromatic heterocycles. The van der Waals surface area contributed by atoms with Crippen molar-refractivity contribution in [1.29, 1.82) is 0 Å². The Hall–Kier alpha value is -2.69. The van der Waals surface area contributed by atoms with Gasteiger partial charge in [-0.2, -0.15) is 0 Å². The van der Waals surface area contributed by atoms with Crippen molar-refractivity contribution in [3.63, 3.8) is 0 Å². The molecule has 0 saturated carbocycles. The number of rotatable bonds is 0. The Labute approximate surface area is 164 Å². The molecule has 2 rings (SSSR count). The molecule has 0 saturated heterocycles. The summed E-state index contributed by atoms with van der Waals surface area (Å²) in [7, 11) is -12.0. The molecule has 0 heterocycles. The summed E-state index contributed by atoms with van der Waals surface area (Å²) in [5.41, 5.74) is 0. The van der Waals surface area contributed by atoms with Crippen molar-refractivity contribution in [3.8, 4) is 0 Å². The minimum Gasteiger partial charge on any atom is -0.418 e. The average molecular weight is 510 g/mol. The molecule has 0 nitrogen and oxygen atoms in total. The van der Waals surface area contributed by atoms with E-state index in [-0.39, 0.29) is 12.1 Å². The third-order valence-corrected chi connectivity index (χ3v) is 2.12. The Morgan fingerprint density at radius 2 is 0.438 bits per heavy atom. The number of benzene rings is 2. The highest BCUT2D eigenvalue weighted by molar-refractivity contribution is 6.50. The molecule has 0 spiro atoms. The summed E-state index contributed by atoms with van der Waals surface area (Å²) in [6, 6.07) is -0.124. The summed E-state index contributed by atoms with van der Waals surface area (Å²) in [5, 5.41) is 0. The molecule has 184 valence electrons. The van der Waals surface area contributed by atoms with Gasteiger partial charge in [0.25, 0.3) is 0 Å². The molecule has 0 atom stereocenters. The van der Waals surface area contributed by atoms with E-state index >= 15 is 0 Å². The maximum absolute atomic E-state index is 12.0. The predicted molar refractivity (Wildman–Crippen MR) is 72.8 cm³/mol. The fourth-order valence-corrected chi connectivity index (χ4v) is 1.09. The summed E-state index contributed by atoms with van der Waals surface area (Å²) >= 11 is 0. The van der Waals surface area contributed by atoms with Gasteiger partial charge in [0.1, 0.15) is 0 Å². The standard InChI is InChI=1S/2C6HF5.2BF4/c2*7-2-1-3(8)5(10)6(11)4(2)9;2*2-1(3,4)5/h2*1H;;/q;;2*-1. The molecule has 32 heavy (non-hydrogen) atoms. The van der Waals surface area contributed by atoms with Gasteiger partial charge < -0.3 is 34.5 Å². The van der Waals surface area contributed by atoms with E-state index in [1.165, 1.54) is 0 Å². The highest BCUT2D eigenvalue weighted by Crippen LogP contribution is 2.17. The first kappa shape index (κ1) is 31.5. The van der Waals surface area contributed by atoms with E-state index in [0.29, 0.717) is 0 Å². The minimum absolute atomic E-state index is 0.0618. The molecule has 0 aliphatic rings. The fourth-order valence-electron chi connectivity index (χ4n) is 1.09. The maximum Gasteiger partial charge on any atom is 0.673 e. The zero-order valence-electron chi connectivity index (χ0n) is 14.1. The summed E-state index contributed by atoms with van der Waals surface area (Å²) in [5.74, 6) is -19.3. The van der Waals surface area contributed by atoms with Crippen molar-refractivity contribution in [3.05, 3.63) is 70.3 Å². The second-order valence-corrected chi connectivity index (χ2v) is 4.55. The third-order valence-electron chi connectivity index (χ3n) is 2.12. The second-order valence-electron chi connectivity index (χ2n) is 4.55. The van der Waals surface area contributed by atoms with Gasteiger partial charge in [0.05, 0.1) is 0 Å². The largest absolute Gasteiger partial charge is 0.673 e. The van der Waals surface area contributed by atoms with Crippen molar-refractivity contribution in [2.75, 3.05) is 0 Å². The van der Waals surface area contributed by atoms with Crippen LogP contribution in [-0.4, -0.2) is 14.5 Å². The predicted octanol–water partition coefficient (Wildman–Crippen LogP) is 7.36. The lowest BCUT2D eigenvalue weighted by molar-refractivity contribution is 0.366. The number of hydrogen-bond donors (Lipinski definition) is 0. The molecule has 0 amide bonds. The topological polar surface area (TPSA) is 0 Å². The minimum atomic E-state index is -6.00. The Morgan fingerprint density at radius 1 is 0.312 bits per heavy atom. The first-order chi connectivity index (χ1) is 14.1. The fraction of sp³-hybridized carbons (Fsp3) is 0. The molecule has 2 aromatic rings.